The van der Waals surface area contributed by atoms with Crippen molar-refractivity contribution in [3.63, 3.8) is 0 Å². The number of rotatable bonds is 2. The summed E-state index contributed by atoms with van der Waals surface area (Å²) in [6.07, 6.45) is 2.97. The third-order valence-electron chi connectivity index (χ3n) is 6.56. The topological polar surface area (TPSA) is 0 Å². The van der Waals surface area contributed by atoms with Gasteiger partial charge in [0.2, 0.25) is 0 Å². The lowest BCUT2D eigenvalue weighted by Gasteiger charge is -2.42. The molecule has 0 saturated heterocycles. The van der Waals surface area contributed by atoms with Crippen molar-refractivity contribution in [3.8, 4) is 0 Å². The van der Waals surface area contributed by atoms with Crippen LogP contribution in [0.15, 0.2) is 0 Å². The molecule has 0 amide bonds. The van der Waals surface area contributed by atoms with Crippen molar-refractivity contribution in [3.05, 3.63) is 0 Å². The number of fused-ring (bicyclic) bond motifs is 2. The van der Waals surface area contributed by atoms with Gasteiger partial charge in [0.05, 0.1) is 0 Å². The Labute approximate surface area is 102 Å². The average Bonchev–Trinajstić information content (AvgIpc) is 2.45. The van der Waals surface area contributed by atoms with Crippen LogP contribution in [-0.2, 0) is 0 Å². The summed E-state index contributed by atoms with van der Waals surface area (Å²) in [5.41, 5.74) is 1.16. The molecule has 4 unspecified atom stereocenters. The summed E-state index contributed by atoms with van der Waals surface area (Å²) in [5, 5.41) is 0. The van der Waals surface area contributed by atoms with E-state index in [2.05, 4.69) is 48.5 Å². The van der Waals surface area contributed by atoms with Gasteiger partial charge in [-0.05, 0) is 53.3 Å². The monoisotopic (exact) mass is 222 g/mol. The largest absolute Gasteiger partial charge is 0.0625 e. The first-order valence-corrected chi connectivity index (χ1v) is 7.22. The Bertz CT molecular complexity index is 274. The molecule has 94 valence electrons. The van der Waals surface area contributed by atoms with E-state index in [0.29, 0.717) is 10.8 Å². The summed E-state index contributed by atoms with van der Waals surface area (Å²) in [6.45, 7) is 17.4. The summed E-state index contributed by atoms with van der Waals surface area (Å²) in [4.78, 5) is 0. The second kappa shape index (κ2) is 3.50. The van der Waals surface area contributed by atoms with Gasteiger partial charge in [0.15, 0.2) is 0 Å². The summed E-state index contributed by atoms with van der Waals surface area (Å²) in [7, 11) is 0. The molecule has 4 atom stereocenters. The highest BCUT2D eigenvalue weighted by Gasteiger charge is 2.65. The predicted octanol–water partition coefficient (Wildman–Crippen LogP) is 4.99. The van der Waals surface area contributed by atoms with Crippen LogP contribution < -0.4 is 0 Å². The Morgan fingerprint density at radius 1 is 0.938 bits per heavy atom. The van der Waals surface area contributed by atoms with Crippen molar-refractivity contribution in [1.29, 1.82) is 0 Å². The van der Waals surface area contributed by atoms with Crippen LogP contribution in [0.5, 0.6) is 0 Å². The molecule has 0 radical (unpaired) electrons. The molecule has 0 aromatic carbocycles. The molecule has 0 aliphatic heterocycles. The maximum Gasteiger partial charge on any atom is -0.0238 e. The zero-order valence-corrected chi connectivity index (χ0v) is 12.3. The van der Waals surface area contributed by atoms with Crippen LogP contribution in [0.2, 0.25) is 0 Å². The maximum absolute atomic E-state index is 2.58. The first kappa shape index (κ1) is 12.5. The van der Waals surface area contributed by atoms with Crippen molar-refractivity contribution < 1.29 is 0 Å². The minimum Gasteiger partial charge on any atom is -0.0625 e. The molecular formula is C16H30. The van der Waals surface area contributed by atoms with Gasteiger partial charge < -0.3 is 0 Å². The van der Waals surface area contributed by atoms with E-state index in [0.717, 1.165) is 29.6 Å². The lowest BCUT2D eigenvalue weighted by molar-refractivity contribution is 0.0695. The van der Waals surface area contributed by atoms with E-state index < -0.39 is 0 Å². The van der Waals surface area contributed by atoms with E-state index >= 15 is 0 Å². The summed E-state index contributed by atoms with van der Waals surface area (Å²) >= 11 is 0. The molecule has 0 N–H and O–H groups in total. The Balaban J connectivity index is 2.33. The highest BCUT2D eigenvalue weighted by molar-refractivity contribution is 5.13. The molecule has 2 saturated carbocycles. The molecule has 0 aromatic rings. The minimum absolute atomic E-state index is 0.566. The Morgan fingerprint density at radius 3 is 1.81 bits per heavy atom. The van der Waals surface area contributed by atoms with Crippen molar-refractivity contribution in [2.24, 2.45) is 40.4 Å². The fraction of sp³-hybridized carbons (Fsp3) is 1.00. The van der Waals surface area contributed by atoms with Crippen LogP contribution in [0.3, 0.4) is 0 Å². The molecule has 2 fully saturated rings. The van der Waals surface area contributed by atoms with Gasteiger partial charge in [0.1, 0.15) is 0 Å². The second-order valence-corrected chi connectivity index (χ2v) is 7.94. The standard InChI is InChI=1S/C16H30/c1-10(2)12-9-16(7)13(11(3)4)8-14(12)15(16,5)6/h10-14H,8-9H2,1-7H3. The molecule has 16 heavy (non-hydrogen) atoms. The smallest absolute Gasteiger partial charge is 0.0238 e. The van der Waals surface area contributed by atoms with E-state index in [-0.39, 0.29) is 0 Å². The highest BCUT2D eigenvalue weighted by atomic mass is 14.7. The SMILES string of the molecule is CC(C)C1CC2(C)C(C(C)C)CC1C2(C)C. The van der Waals surface area contributed by atoms with Gasteiger partial charge in [0.25, 0.3) is 0 Å². The molecule has 0 heterocycles. The lowest BCUT2D eigenvalue weighted by atomic mass is 9.63. The minimum atomic E-state index is 0.566. The van der Waals surface area contributed by atoms with Crippen LogP contribution in [0.4, 0.5) is 0 Å². The van der Waals surface area contributed by atoms with E-state index in [1.54, 1.807) is 0 Å². The van der Waals surface area contributed by atoms with E-state index in [1.165, 1.54) is 12.8 Å². The molecule has 2 aliphatic rings. The van der Waals surface area contributed by atoms with E-state index in [1.807, 2.05) is 0 Å². The highest BCUT2D eigenvalue weighted by Crippen LogP contribution is 2.72. The van der Waals surface area contributed by atoms with Gasteiger partial charge in [-0.1, -0.05) is 48.5 Å². The van der Waals surface area contributed by atoms with Gasteiger partial charge in [0, 0.05) is 0 Å². The van der Waals surface area contributed by atoms with Gasteiger partial charge in [-0.15, -0.1) is 0 Å². The zero-order chi connectivity index (χ0) is 12.3. The van der Waals surface area contributed by atoms with Crippen molar-refractivity contribution in [2.75, 3.05) is 0 Å². The molecule has 0 spiro atoms. The molecule has 0 nitrogen and oxygen atoms in total. The quantitative estimate of drug-likeness (QED) is 0.617. The molecule has 2 rings (SSSR count). The van der Waals surface area contributed by atoms with Crippen LogP contribution in [0.1, 0.15) is 61.3 Å². The van der Waals surface area contributed by atoms with Crippen LogP contribution in [0.25, 0.3) is 0 Å². The third kappa shape index (κ3) is 1.34. The molecular weight excluding hydrogens is 192 g/mol. The zero-order valence-electron chi connectivity index (χ0n) is 12.3. The molecule has 2 aliphatic carbocycles. The summed E-state index contributed by atoms with van der Waals surface area (Å²) in [5.74, 6) is 4.66. The van der Waals surface area contributed by atoms with Crippen LogP contribution in [0, 0.1) is 40.4 Å². The normalized spacial score (nSPS) is 45.9. The second-order valence-electron chi connectivity index (χ2n) is 7.94. The van der Waals surface area contributed by atoms with Gasteiger partial charge >= 0.3 is 0 Å². The summed E-state index contributed by atoms with van der Waals surface area (Å²) < 4.78 is 0. The maximum atomic E-state index is 2.58. The van der Waals surface area contributed by atoms with E-state index in [4.69, 9.17) is 0 Å². The first-order valence-electron chi connectivity index (χ1n) is 7.22. The Morgan fingerprint density at radius 2 is 1.50 bits per heavy atom. The fourth-order valence-corrected chi connectivity index (χ4v) is 5.19. The molecule has 2 bridgehead atoms. The van der Waals surface area contributed by atoms with E-state index in [9.17, 15) is 0 Å². The van der Waals surface area contributed by atoms with Crippen LogP contribution >= 0.6 is 0 Å². The van der Waals surface area contributed by atoms with Crippen molar-refractivity contribution in [2.45, 2.75) is 61.3 Å². The van der Waals surface area contributed by atoms with Gasteiger partial charge in [-0.3, -0.25) is 0 Å². The average molecular weight is 222 g/mol. The fourth-order valence-electron chi connectivity index (χ4n) is 5.19. The third-order valence-corrected chi connectivity index (χ3v) is 6.56. The van der Waals surface area contributed by atoms with Crippen molar-refractivity contribution in [1.82, 2.24) is 0 Å². The van der Waals surface area contributed by atoms with Gasteiger partial charge in [-0.2, -0.15) is 0 Å². The predicted molar refractivity (Wildman–Crippen MR) is 71.3 cm³/mol. The first-order chi connectivity index (χ1) is 7.22. The van der Waals surface area contributed by atoms with Crippen LogP contribution in [-0.4, -0.2) is 0 Å². The summed E-state index contributed by atoms with van der Waals surface area (Å²) in [6, 6.07) is 0. The number of hydrogen-bond donors (Lipinski definition) is 0. The Hall–Kier alpha value is 0. The van der Waals surface area contributed by atoms with Crippen molar-refractivity contribution >= 4 is 0 Å². The molecule has 0 heteroatoms. The lowest BCUT2D eigenvalue weighted by Crippen LogP contribution is -2.35. The Kier molecular flexibility index (Phi) is 2.72. The molecule has 0 aromatic heterocycles. The number of hydrogen-bond acceptors (Lipinski definition) is 0. The van der Waals surface area contributed by atoms with Gasteiger partial charge in [-0.25, -0.2) is 0 Å².